The Kier molecular flexibility index (Phi) is 9.70. The third kappa shape index (κ3) is 7.47. The zero-order chi connectivity index (χ0) is 19.3. The standard InChI is InChI=1S/C22H30O6/c1-2-7-22-19(4-1)5-3-6-20(22)16-27-18-21-17-26-13-12-24-9-8-23-10-11-25-14-15-28-21/h1-7,21H,8-18H2. The van der Waals surface area contributed by atoms with Crippen molar-refractivity contribution in [2.75, 3.05) is 66.1 Å². The zero-order valence-corrected chi connectivity index (χ0v) is 16.3. The van der Waals surface area contributed by atoms with Crippen LogP contribution in [0.25, 0.3) is 10.8 Å². The average molecular weight is 390 g/mol. The lowest BCUT2D eigenvalue weighted by Crippen LogP contribution is -2.28. The fourth-order valence-electron chi connectivity index (χ4n) is 3.01. The van der Waals surface area contributed by atoms with Crippen LogP contribution >= 0.6 is 0 Å². The highest BCUT2D eigenvalue weighted by atomic mass is 16.6. The highest BCUT2D eigenvalue weighted by molar-refractivity contribution is 5.85. The molecule has 0 spiro atoms. The molecule has 0 aliphatic carbocycles. The van der Waals surface area contributed by atoms with E-state index >= 15 is 0 Å². The van der Waals surface area contributed by atoms with Gasteiger partial charge in [0, 0.05) is 0 Å². The van der Waals surface area contributed by atoms with Gasteiger partial charge in [-0.05, 0) is 16.3 Å². The Bertz CT molecular complexity index is 656. The van der Waals surface area contributed by atoms with Gasteiger partial charge in [-0.1, -0.05) is 42.5 Å². The third-order valence-electron chi connectivity index (χ3n) is 4.44. The summed E-state index contributed by atoms with van der Waals surface area (Å²) in [4.78, 5) is 0. The fraction of sp³-hybridized carbons (Fsp3) is 0.545. The fourth-order valence-corrected chi connectivity index (χ4v) is 3.01. The van der Waals surface area contributed by atoms with Crippen LogP contribution in [0.2, 0.25) is 0 Å². The second-order valence-electron chi connectivity index (χ2n) is 6.56. The molecule has 2 aromatic carbocycles. The second-order valence-corrected chi connectivity index (χ2v) is 6.56. The Labute approximate surface area is 166 Å². The van der Waals surface area contributed by atoms with Crippen LogP contribution in [-0.2, 0) is 35.0 Å². The van der Waals surface area contributed by atoms with Crippen LogP contribution in [0.1, 0.15) is 5.56 Å². The molecule has 0 N–H and O–H groups in total. The summed E-state index contributed by atoms with van der Waals surface area (Å²) in [5.74, 6) is 0. The van der Waals surface area contributed by atoms with Crippen molar-refractivity contribution in [3.63, 3.8) is 0 Å². The Morgan fingerprint density at radius 3 is 2.14 bits per heavy atom. The summed E-state index contributed by atoms with van der Waals surface area (Å²) >= 11 is 0. The molecule has 0 amide bonds. The predicted octanol–water partition coefficient (Wildman–Crippen LogP) is 2.82. The second kappa shape index (κ2) is 12.8. The van der Waals surface area contributed by atoms with Gasteiger partial charge in [0.25, 0.3) is 0 Å². The van der Waals surface area contributed by atoms with Gasteiger partial charge in [-0.3, -0.25) is 0 Å². The minimum Gasteiger partial charge on any atom is -0.377 e. The number of rotatable bonds is 4. The molecule has 1 aliphatic rings. The van der Waals surface area contributed by atoms with Crippen LogP contribution < -0.4 is 0 Å². The van der Waals surface area contributed by atoms with Gasteiger partial charge in [0.2, 0.25) is 0 Å². The molecule has 1 saturated heterocycles. The molecule has 0 radical (unpaired) electrons. The first-order valence-electron chi connectivity index (χ1n) is 9.90. The first-order valence-corrected chi connectivity index (χ1v) is 9.90. The van der Waals surface area contributed by atoms with E-state index in [2.05, 4.69) is 36.4 Å². The summed E-state index contributed by atoms with van der Waals surface area (Å²) < 4.78 is 33.9. The lowest BCUT2D eigenvalue weighted by molar-refractivity contribution is -0.0800. The predicted molar refractivity (Wildman–Crippen MR) is 107 cm³/mol. The van der Waals surface area contributed by atoms with Crippen molar-refractivity contribution in [3.05, 3.63) is 48.0 Å². The van der Waals surface area contributed by atoms with Gasteiger partial charge in [0.1, 0.15) is 6.10 Å². The quantitative estimate of drug-likeness (QED) is 0.800. The largest absolute Gasteiger partial charge is 0.377 e. The van der Waals surface area contributed by atoms with E-state index in [1.165, 1.54) is 16.3 Å². The van der Waals surface area contributed by atoms with Gasteiger partial charge in [-0.25, -0.2) is 0 Å². The summed E-state index contributed by atoms with van der Waals surface area (Å²) in [6.07, 6.45) is -0.139. The minimum absolute atomic E-state index is 0.139. The van der Waals surface area contributed by atoms with Crippen LogP contribution in [0, 0.1) is 0 Å². The molecule has 2 aromatic rings. The highest BCUT2D eigenvalue weighted by Gasteiger charge is 2.11. The first-order chi connectivity index (χ1) is 13.9. The van der Waals surface area contributed by atoms with Gasteiger partial charge in [0.15, 0.2) is 0 Å². The molecule has 1 atom stereocenters. The van der Waals surface area contributed by atoms with Crippen molar-refractivity contribution in [2.24, 2.45) is 0 Å². The molecule has 1 heterocycles. The molecular weight excluding hydrogens is 360 g/mol. The Morgan fingerprint density at radius 2 is 1.36 bits per heavy atom. The van der Waals surface area contributed by atoms with Crippen LogP contribution in [0.4, 0.5) is 0 Å². The molecule has 1 aliphatic heterocycles. The zero-order valence-electron chi connectivity index (χ0n) is 16.3. The normalized spacial score (nSPS) is 21.1. The molecule has 28 heavy (non-hydrogen) atoms. The van der Waals surface area contributed by atoms with Crippen LogP contribution in [-0.4, -0.2) is 72.2 Å². The average Bonchev–Trinajstić information content (AvgIpc) is 2.74. The molecule has 6 nitrogen and oxygen atoms in total. The maximum absolute atomic E-state index is 5.96. The molecule has 6 heteroatoms. The van der Waals surface area contributed by atoms with E-state index in [4.69, 9.17) is 28.4 Å². The van der Waals surface area contributed by atoms with E-state index in [-0.39, 0.29) is 6.10 Å². The number of ether oxygens (including phenoxy) is 6. The van der Waals surface area contributed by atoms with Gasteiger partial charge >= 0.3 is 0 Å². The Hall–Kier alpha value is -1.54. The van der Waals surface area contributed by atoms with Crippen molar-refractivity contribution in [1.29, 1.82) is 0 Å². The summed E-state index contributed by atoms with van der Waals surface area (Å²) in [6.45, 7) is 5.84. The van der Waals surface area contributed by atoms with Crippen molar-refractivity contribution >= 4 is 10.8 Å². The number of hydrogen-bond donors (Lipinski definition) is 0. The van der Waals surface area contributed by atoms with E-state index in [0.717, 1.165) is 0 Å². The van der Waals surface area contributed by atoms with Crippen LogP contribution in [0.3, 0.4) is 0 Å². The van der Waals surface area contributed by atoms with Gasteiger partial charge in [0.05, 0.1) is 72.7 Å². The van der Waals surface area contributed by atoms with Gasteiger partial charge in [-0.2, -0.15) is 0 Å². The monoisotopic (exact) mass is 390 g/mol. The van der Waals surface area contributed by atoms with Crippen molar-refractivity contribution in [1.82, 2.24) is 0 Å². The van der Waals surface area contributed by atoms with Crippen LogP contribution in [0.5, 0.6) is 0 Å². The Balaban J connectivity index is 1.46. The molecule has 0 saturated carbocycles. The van der Waals surface area contributed by atoms with E-state index in [1.807, 2.05) is 6.07 Å². The van der Waals surface area contributed by atoms with Crippen LogP contribution in [0.15, 0.2) is 42.5 Å². The lowest BCUT2D eigenvalue weighted by Gasteiger charge is -2.18. The van der Waals surface area contributed by atoms with E-state index in [9.17, 15) is 0 Å². The topological polar surface area (TPSA) is 55.4 Å². The van der Waals surface area contributed by atoms with Crippen molar-refractivity contribution < 1.29 is 28.4 Å². The molecule has 0 bridgehead atoms. The summed E-state index contributed by atoms with van der Waals surface area (Å²) in [5.41, 5.74) is 1.17. The molecule has 3 rings (SSSR count). The highest BCUT2D eigenvalue weighted by Crippen LogP contribution is 2.19. The summed E-state index contributed by atoms with van der Waals surface area (Å²) in [7, 11) is 0. The molecule has 1 unspecified atom stereocenters. The number of hydrogen-bond acceptors (Lipinski definition) is 6. The number of fused-ring (bicyclic) bond motifs is 1. The summed E-state index contributed by atoms with van der Waals surface area (Å²) in [5, 5.41) is 2.44. The maximum atomic E-state index is 5.96. The SMILES string of the molecule is c1ccc2c(COCC3COCCOCCOCCOCCO3)cccc2c1. The van der Waals surface area contributed by atoms with Gasteiger partial charge < -0.3 is 28.4 Å². The Morgan fingerprint density at radius 1 is 0.714 bits per heavy atom. The molecule has 1 fully saturated rings. The van der Waals surface area contributed by atoms with E-state index in [0.29, 0.717) is 72.7 Å². The van der Waals surface area contributed by atoms with Crippen molar-refractivity contribution in [3.8, 4) is 0 Å². The van der Waals surface area contributed by atoms with E-state index in [1.54, 1.807) is 0 Å². The molecular formula is C22H30O6. The molecule has 154 valence electrons. The van der Waals surface area contributed by atoms with E-state index < -0.39 is 0 Å². The summed E-state index contributed by atoms with van der Waals surface area (Å²) in [6, 6.07) is 14.6. The third-order valence-corrected chi connectivity index (χ3v) is 4.44. The first kappa shape index (κ1) is 21.2. The molecule has 0 aromatic heterocycles. The minimum atomic E-state index is -0.139. The number of benzene rings is 2. The lowest BCUT2D eigenvalue weighted by atomic mass is 10.1. The van der Waals surface area contributed by atoms with Crippen molar-refractivity contribution in [2.45, 2.75) is 12.7 Å². The smallest absolute Gasteiger partial charge is 0.104 e. The maximum Gasteiger partial charge on any atom is 0.104 e. The van der Waals surface area contributed by atoms with Gasteiger partial charge in [-0.15, -0.1) is 0 Å².